The Kier molecular flexibility index (Phi) is 5.53. The highest BCUT2D eigenvalue weighted by Gasteiger charge is 2.30. The molecule has 1 aromatic rings. The van der Waals surface area contributed by atoms with Gasteiger partial charge in [-0.15, -0.1) is 0 Å². The molecular formula is C12H13F3O3S. The van der Waals surface area contributed by atoms with Crippen LogP contribution in [-0.4, -0.2) is 23.0 Å². The first-order chi connectivity index (χ1) is 8.84. The lowest BCUT2D eigenvalue weighted by Gasteiger charge is -2.08. The minimum atomic E-state index is -4.45. The number of methoxy groups -OCH3 is 1. The lowest BCUT2D eigenvalue weighted by molar-refractivity contribution is -0.140. The highest BCUT2D eigenvalue weighted by Crippen LogP contribution is 2.30. The molecule has 0 aromatic heterocycles. The van der Waals surface area contributed by atoms with Crippen molar-refractivity contribution in [2.75, 3.05) is 12.9 Å². The molecule has 7 heteroatoms. The van der Waals surface area contributed by atoms with Crippen LogP contribution in [0.4, 0.5) is 13.2 Å². The molecule has 106 valence electrons. The van der Waals surface area contributed by atoms with Gasteiger partial charge in [-0.1, -0.05) is 6.07 Å². The van der Waals surface area contributed by atoms with Crippen LogP contribution >= 0.6 is 0 Å². The van der Waals surface area contributed by atoms with E-state index in [4.69, 9.17) is 0 Å². The number of hydrogen-bond acceptors (Lipinski definition) is 3. The van der Waals surface area contributed by atoms with Gasteiger partial charge in [0.25, 0.3) is 0 Å². The van der Waals surface area contributed by atoms with Gasteiger partial charge in [-0.05, 0) is 24.6 Å². The van der Waals surface area contributed by atoms with Gasteiger partial charge in [0, 0.05) is 17.1 Å². The van der Waals surface area contributed by atoms with Gasteiger partial charge in [-0.2, -0.15) is 13.2 Å². The molecule has 0 heterocycles. The molecule has 0 fully saturated rings. The molecular weight excluding hydrogens is 281 g/mol. The number of halogens is 3. The smallest absolute Gasteiger partial charge is 0.416 e. The van der Waals surface area contributed by atoms with E-state index in [0.717, 1.165) is 12.1 Å². The zero-order valence-electron chi connectivity index (χ0n) is 10.2. The van der Waals surface area contributed by atoms with Crippen LogP contribution < -0.4 is 0 Å². The third kappa shape index (κ3) is 5.02. The maximum Gasteiger partial charge on any atom is 0.416 e. The fraction of sp³-hybridized carbons (Fsp3) is 0.417. The van der Waals surface area contributed by atoms with E-state index in [0.29, 0.717) is 6.42 Å². The summed E-state index contributed by atoms with van der Waals surface area (Å²) < 4.78 is 53.6. The third-order valence-corrected chi connectivity index (χ3v) is 3.80. The van der Waals surface area contributed by atoms with E-state index in [2.05, 4.69) is 4.74 Å². The van der Waals surface area contributed by atoms with Crippen molar-refractivity contribution in [3.8, 4) is 0 Å². The third-order valence-electron chi connectivity index (χ3n) is 2.36. The van der Waals surface area contributed by atoms with Gasteiger partial charge >= 0.3 is 12.1 Å². The molecule has 1 rings (SSSR count). The zero-order chi connectivity index (χ0) is 14.5. The van der Waals surface area contributed by atoms with Crippen LogP contribution in [-0.2, 0) is 26.5 Å². The van der Waals surface area contributed by atoms with Gasteiger partial charge < -0.3 is 4.74 Å². The van der Waals surface area contributed by atoms with Gasteiger partial charge in [-0.25, -0.2) is 0 Å². The second-order valence-electron chi connectivity index (χ2n) is 3.75. The van der Waals surface area contributed by atoms with Crippen molar-refractivity contribution < 1.29 is 26.9 Å². The molecule has 0 N–H and O–H groups in total. The summed E-state index contributed by atoms with van der Waals surface area (Å²) >= 11 is 0. The van der Waals surface area contributed by atoms with Crippen molar-refractivity contribution in [2.24, 2.45) is 0 Å². The zero-order valence-corrected chi connectivity index (χ0v) is 11.0. The molecule has 0 aliphatic heterocycles. The number of rotatable bonds is 5. The monoisotopic (exact) mass is 294 g/mol. The lowest BCUT2D eigenvalue weighted by atomic mass is 10.2. The van der Waals surface area contributed by atoms with E-state index in [1.165, 1.54) is 19.2 Å². The molecule has 0 radical (unpaired) electrons. The van der Waals surface area contributed by atoms with Crippen LogP contribution in [0, 0.1) is 0 Å². The maximum absolute atomic E-state index is 12.5. The number of ether oxygens (including phenoxy) is 1. The van der Waals surface area contributed by atoms with Gasteiger partial charge in [0.05, 0.1) is 23.5 Å². The Bertz CT molecular complexity index is 472. The number of carbonyl (C=O) groups is 1. The molecule has 0 saturated heterocycles. The van der Waals surface area contributed by atoms with Crippen LogP contribution in [0.1, 0.15) is 18.4 Å². The molecule has 1 atom stereocenters. The van der Waals surface area contributed by atoms with Crippen LogP contribution in [0.25, 0.3) is 0 Å². The average Bonchev–Trinajstić information content (AvgIpc) is 2.37. The Balaban J connectivity index is 2.65. The Labute approximate surface area is 111 Å². The predicted molar refractivity (Wildman–Crippen MR) is 64.0 cm³/mol. The fourth-order valence-electron chi connectivity index (χ4n) is 1.38. The summed E-state index contributed by atoms with van der Waals surface area (Å²) in [6, 6.07) is 4.39. The standard InChI is InChI=1S/C12H13F3O3S/c1-18-11(16)6-3-7-19(17)10-5-2-4-9(8-10)12(13,14)15/h2,4-5,8H,3,6-7H2,1H3. The normalized spacial score (nSPS) is 13.1. The molecule has 0 bridgehead atoms. The van der Waals surface area contributed by atoms with Crippen molar-refractivity contribution >= 4 is 16.8 Å². The maximum atomic E-state index is 12.5. The average molecular weight is 294 g/mol. The van der Waals surface area contributed by atoms with Crippen LogP contribution in [0.5, 0.6) is 0 Å². The predicted octanol–water partition coefficient (Wildman–Crippen LogP) is 2.77. The topological polar surface area (TPSA) is 43.4 Å². The molecule has 3 nitrogen and oxygen atoms in total. The van der Waals surface area contributed by atoms with Gasteiger partial charge in [-0.3, -0.25) is 9.00 Å². The number of carbonyl (C=O) groups excluding carboxylic acids is 1. The second-order valence-corrected chi connectivity index (χ2v) is 5.33. The van der Waals surface area contributed by atoms with E-state index in [1.807, 2.05) is 0 Å². The summed E-state index contributed by atoms with van der Waals surface area (Å²) in [7, 11) is -0.313. The summed E-state index contributed by atoms with van der Waals surface area (Å²) in [6.07, 6.45) is -4.05. The fourth-order valence-corrected chi connectivity index (χ4v) is 2.51. The SMILES string of the molecule is COC(=O)CCCS(=O)c1cccc(C(F)(F)F)c1. The van der Waals surface area contributed by atoms with Crippen molar-refractivity contribution in [1.82, 2.24) is 0 Å². The Hall–Kier alpha value is -1.37. The minimum Gasteiger partial charge on any atom is -0.469 e. The van der Waals surface area contributed by atoms with Crippen molar-refractivity contribution in [3.63, 3.8) is 0 Å². The van der Waals surface area contributed by atoms with E-state index in [9.17, 15) is 22.2 Å². The number of hydrogen-bond donors (Lipinski definition) is 0. The molecule has 1 unspecified atom stereocenters. The first-order valence-corrected chi connectivity index (χ1v) is 6.79. The summed E-state index contributed by atoms with van der Waals surface area (Å²) in [5.41, 5.74) is -0.827. The first kappa shape index (κ1) is 15.7. The van der Waals surface area contributed by atoms with Gasteiger partial charge in [0.1, 0.15) is 0 Å². The number of alkyl halides is 3. The Morgan fingerprint density at radius 1 is 1.37 bits per heavy atom. The largest absolute Gasteiger partial charge is 0.469 e. The van der Waals surface area contributed by atoms with Crippen LogP contribution in [0.3, 0.4) is 0 Å². The molecule has 0 spiro atoms. The lowest BCUT2D eigenvalue weighted by Crippen LogP contribution is -2.07. The minimum absolute atomic E-state index is 0.0984. The molecule has 0 aliphatic carbocycles. The van der Waals surface area contributed by atoms with Crippen molar-refractivity contribution in [1.29, 1.82) is 0 Å². The summed E-state index contributed by atoms with van der Waals surface area (Å²) in [4.78, 5) is 11.0. The summed E-state index contributed by atoms with van der Waals surface area (Å²) in [5, 5.41) is 0. The molecule has 0 aliphatic rings. The van der Waals surface area contributed by atoms with E-state index in [1.54, 1.807) is 0 Å². The second kappa shape index (κ2) is 6.70. The first-order valence-electron chi connectivity index (χ1n) is 5.47. The van der Waals surface area contributed by atoms with Gasteiger partial charge in [0.2, 0.25) is 0 Å². The van der Waals surface area contributed by atoms with E-state index in [-0.39, 0.29) is 17.1 Å². The number of benzene rings is 1. The van der Waals surface area contributed by atoms with E-state index >= 15 is 0 Å². The summed E-state index contributed by atoms with van der Waals surface area (Å²) in [6.45, 7) is 0. The molecule has 0 amide bonds. The highest BCUT2D eigenvalue weighted by molar-refractivity contribution is 7.85. The Morgan fingerprint density at radius 2 is 2.05 bits per heavy atom. The molecule has 0 saturated carbocycles. The van der Waals surface area contributed by atoms with Crippen LogP contribution in [0.15, 0.2) is 29.2 Å². The molecule has 1 aromatic carbocycles. The number of esters is 1. The molecule has 19 heavy (non-hydrogen) atoms. The quantitative estimate of drug-likeness (QED) is 0.784. The van der Waals surface area contributed by atoms with E-state index < -0.39 is 28.5 Å². The highest BCUT2D eigenvalue weighted by atomic mass is 32.2. The van der Waals surface area contributed by atoms with Crippen molar-refractivity contribution in [2.45, 2.75) is 23.9 Å². The van der Waals surface area contributed by atoms with Gasteiger partial charge in [0.15, 0.2) is 0 Å². The van der Waals surface area contributed by atoms with Crippen LogP contribution in [0.2, 0.25) is 0 Å². The summed E-state index contributed by atoms with van der Waals surface area (Å²) in [5.74, 6) is -0.308. The Morgan fingerprint density at radius 3 is 2.63 bits per heavy atom. The van der Waals surface area contributed by atoms with Crippen molar-refractivity contribution in [3.05, 3.63) is 29.8 Å².